The van der Waals surface area contributed by atoms with Crippen LogP contribution < -0.4 is 0 Å². The summed E-state index contributed by atoms with van der Waals surface area (Å²) in [6.07, 6.45) is 1.19. The van der Waals surface area contributed by atoms with Crippen molar-refractivity contribution in [3.05, 3.63) is 46.1 Å². The lowest BCUT2D eigenvalue weighted by Crippen LogP contribution is -2.41. The van der Waals surface area contributed by atoms with E-state index in [4.69, 9.17) is 27.6 Å². The van der Waals surface area contributed by atoms with E-state index in [0.29, 0.717) is 34.3 Å². The standard InChI is InChI=1S/C18H19Cl2NO4S/c1-2-8-21(13-7-9-26(23,24)11-13)18(22)17-6-5-16(25-17)14-10-12(19)3-4-15(14)20/h3-6,10,13H,2,7-9,11H2,1H3/t13-/m0/s1. The SMILES string of the molecule is CCCN(C(=O)c1ccc(-c2cc(Cl)ccc2Cl)o1)[C@H]1CCS(=O)(=O)C1. The van der Waals surface area contributed by atoms with Crippen molar-refractivity contribution in [1.82, 2.24) is 4.90 Å². The summed E-state index contributed by atoms with van der Waals surface area (Å²) in [5, 5.41) is 0.979. The Hall–Kier alpha value is -1.50. The van der Waals surface area contributed by atoms with E-state index in [1.165, 1.54) is 0 Å². The molecule has 1 aliphatic heterocycles. The summed E-state index contributed by atoms with van der Waals surface area (Å²) in [6, 6.07) is 7.95. The van der Waals surface area contributed by atoms with Gasteiger partial charge in [-0.1, -0.05) is 30.1 Å². The summed E-state index contributed by atoms with van der Waals surface area (Å²) < 4.78 is 29.3. The van der Waals surface area contributed by atoms with E-state index in [1.807, 2.05) is 6.92 Å². The molecule has 0 spiro atoms. The Bertz CT molecular complexity index is 923. The van der Waals surface area contributed by atoms with Crippen LogP contribution in [0.4, 0.5) is 0 Å². The topological polar surface area (TPSA) is 67.6 Å². The molecule has 0 radical (unpaired) electrons. The van der Waals surface area contributed by atoms with Gasteiger partial charge in [-0.25, -0.2) is 8.42 Å². The number of hydrogen-bond acceptors (Lipinski definition) is 4. The molecule has 0 saturated carbocycles. The van der Waals surface area contributed by atoms with Gasteiger partial charge in [0.15, 0.2) is 15.6 Å². The van der Waals surface area contributed by atoms with Crippen molar-refractivity contribution in [2.75, 3.05) is 18.1 Å². The van der Waals surface area contributed by atoms with Crippen LogP contribution in [-0.4, -0.2) is 43.3 Å². The summed E-state index contributed by atoms with van der Waals surface area (Å²) in [5.41, 5.74) is 0.601. The average Bonchev–Trinajstić information content (AvgIpc) is 3.21. The molecule has 1 amide bonds. The van der Waals surface area contributed by atoms with Gasteiger partial charge in [0, 0.05) is 23.2 Å². The molecule has 1 aliphatic rings. The molecule has 140 valence electrons. The zero-order chi connectivity index (χ0) is 18.9. The van der Waals surface area contributed by atoms with E-state index in [1.54, 1.807) is 35.2 Å². The molecular formula is C18H19Cl2NO4S. The molecule has 0 bridgehead atoms. The molecule has 3 rings (SSSR count). The van der Waals surface area contributed by atoms with Gasteiger partial charge in [0.1, 0.15) is 5.76 Å². The minimum atomic E-state index is -3.08. The van der Waals surface area contributed by atoms with Gasteiger partial charge in [-0.15, -0.1) is 0 Å². The van der Waals surface area contributed by atoms with Gasteiger partial charge in [0.2, 0.25) is 0 Å². The Morgan fingerprint density at radius 1 is 1.27 bits per heavy atom. The number of carbonyl (C=O) groups is 1. The molecule has 1 saturated heterocycles. The maximum Gasteiger partial charge on any atom is 0.289 e. The minimum Gasteiger partial charge on any atom is -0.451 e. The number of rotatable bonds is 5. The first kappa shape index (κ1) is 19.3. The summed E-state index contributed by atoms with van der Waals surface area (Å²) in [7, 11) is -3.08. The van der Waals surface area contributed by atoms with Gasteiger partial charge in [0.05, 0.1) is 16.5 Å². The third-order valence-electron chi connectivity index (χ3n) is 4.39. The van der Waals surface area contributed by atoms with Crippen molar-refractivity contribution in [3.63, 3.8) is 0 Å². The molecule has 8 heteroatoms. The molecular weight excluding hydrogens is 397 g/mol. The van der Waals surface area contributed by atoms with Gasteiger partial charge in [0.25, 0.3) is 5.91 Å². The van der Waals surface area contributed by atoms with Crippen LogP contribution in [0.15, 0.2) is 34.7 Å². The second-order valence-electron chi connectivity index (χ2n) is 6.34. The van der Waals surface area contributed by atoms with Gasteiger partial charge >= 0.3 is 0 Å². The Morgan fingerprint density at radius 2 is 2.04 bits per heavy atom. The van der Waals surface area contributed by atoms with E-state index in [-0.39, 0.29) is 29.2 Å². The highest BCUT2D eigenvalue weighted by molar-refractivity contribution is 7.91. The smallest absolute Gasteiger partial charge is 0.289 e. The number of carbonyl (C=O) groups excluding carboxylic acids is 1. The van der Waals surface area contributed by atoms with Gasteiger partial charge < -0.3 is 9.32 Å². The third kappa shape index (κ3) is 4.08. The van der Waals surface area contributed by atoms with E-state index in [0.717, 1.165) is 6.42 Å². The Labute approximate surface area is 162 Å². The van der Waals surface area contributed by atoms with Crippen molar-refractivity contribution >= 4 is 38.9 Å². The molecule has 26 heavy (non-hydrogen) atoms. The van der Waals surface area contributed by atoms with Crippen molar-refractivity contribution in [3.8, 4) is 11.3 Å². The van der Waals surface area contributed by atoms with E-state index < -0.39 is 9.84 Å². The van der Waals surface area contributed by atoms with Crippen LogP contribution in [0.3, 0.4) is 0 Å². The van der Waals surface area contributed by atoms with Crippen LogP contribution in [0.2, 0.25) is 10.0 Å². The first-order chi connectivity index (χ1) is 12.3. The van der Waals surface area contributed by atoms with Crippen molar-refractivity contribution < 1.29 is 17.6 Å². The average molecular weight is 416 g/mol. The zero-order valence-corrected chi connectivity index (χ0v) is 16.6. The minimum absolute atomic E-state index is 0.00638. The Morgan fingerprint density at radius 3 is 2.69 bits per heavy atom. The summed E-state index contributed by atoms with van der Waals surface area (Å²) in [4.78, 5) is 14.5. The predicted octanol–water partition coefficient (Wildman–Crippen LogP) is 4.29. The summed E-state index contributed by atoms with van der Waals surface area (Å²) in [5.74, 6) is 0.419. The molecule has 1 atom stereocenters. The van der Waals surface area contributed by atoms with E-state index in [9.17, 15) is 13.2 Å². The first-order valence-corrected chi connectivity index (χ1v) is 10.9. The quantitative estimate of drug-likeness (QED) is 0.729. The van der Waals surface area contributed by atoms with Gasteiger partial charge in [-0.3, -0.25) is 4.79 Å². The molecule has 5 nitrogen and oxygen atoms in total. The number of benzene rings is 1. The largest absolute Gasteiger partial charge is 0.451 e. The first-order valence-electron chi connectivity index (χ1n) is 8.37. The van der Waals surface area contributed by atoms with Crippen LogP contribution in [0.1, 0.15) is 30.3 Å². The maximum atomic E-state index is 12.9. The fourth-order valence-electron chi connectivity index (χ4n) is 3.14. The summed E-state index contributed by atoms with van der Waals surface area (Å²) in [6.45, 7) is 2.43. The van der Waals surface area contributed by atoms with Crippen LogP contribution in [0, 0.1) is 0 Å². The second kappa shape index (κ2) is 7.62. The monoisotopic (exact) mass is 415 g/mol. The highest BCUT2D eigenvalue weighted by Gasteiger charge is 2.35. The molecule has 1 aromatic carbocycles. The number of hydrogen-bond donors (Lipinski definition) is 0. The molecule has 2 heterocycles. The fourth-order valence-corrected chi connectivity index (χ4v) is 5.25. The van der Waals surface area contributed by atoms with Crippen molar-refractivity contribution in [2.24, 2.45) is 0 Å². The van der Waals surface area contributed by atoms with Crippen molar-refractivity contribution in [2.45, 2.75) is 25.8 Å². The lowest BCUT2D eigenvalue weighted by molar-refractivity contribution is 0.0665. The highest BCUT2D eigenvalue weighted by Crippen LogP contribution is 2.32. The highest BCUT2D eigenvalue weighted by atomic mass is 35.5. The molecule has 1 fully saturated rings. The maximum absolute atomic E-state index is 12.9. The molecule has 0 aliphatic carbocycles. The number of amides is 1. The second-order valence-corrected chi connectivity index (χ2v) is 9.42. The predicted molar refractivity (Wildman–Crippen MR) is 103 cm³/mol. The van der Waals surface area contributed by atoms with Crippen LogP contribution >= 0.6 is 23.2 Å². The summed E-state index contributed by atoms with van der Waals surface area (Å²) >= 11 is 12.2. The Balaban J connectivity index is 1.87. The lowest BCUT2D eigenvalue weighted by atomic mass is 10.2. The van der Waals surface area contributed by atoms with Crippen molar-refractivity contribution in [1.29, 1.82) is 0 Å². The van der Waals surface area contributed by atoms with E-state index in [2.05, 4.69) is 0 Å². The normalized spacial score (nSPS) is 18.8. The van der Waals surface area contributed by atoms with E-state index >= 15 is 0 Å². The zero-order valence-electron chi connectivity index (χ0n) is 14.2. The molecule has 0 unspecified atom stereocenters. The molecule has 2 aromatic rings. The van der Waals surface area contributed by atoms with Crippen LogP contribution in [-0.2, 0) is 9.84 Å². The van der Waals surface area contributed by atoms with Gasteiger partial charge in [-0.05, 0) is 43.2 Å². The fraction of sp³-hybridized carbons (Fsp3) is 0.389. The number of sulfone groups is 1. The van der Waals surface area contributed by atoms with Crippen LogP contribution in [0.25, 0.3) is 11.3 Å². The number of halogens is 2. The molecule has 0 N–H and O–H groups in total. The molecule has 1 aromatic heterocycles. The third-order valence-corrected chi connectivity index (χ3v) is 6.70. The van der Waals surface area contributed by atoms with Crippen LogP contribution in [0.5, 0.6) is 0 Å². The lowest BCUT2D eigenvalue weighted by Gasteiger charge is -2.26. The Kier molecular flexibility index (Phi) is 5.65. The number of furan rings is 1. The van der Waals surface area contributed by atoms with Gasteiger partial charge in [-0.2, -0.15) is 0 Å². The number of nitrogens with zero attached hydrogens (tertiary/aromatic N) is 1.